The third-order valence-corrected chi connectivity index (χ3v) is 4.99. The Bertz CT molecular complexity index is 339. The molecule has 2 atom stereocenters. The van der Waals surface area contributed by atoms with Crippen LogP contribution in [0.5, 0.6) is 0 Å². The van der Waals surface area contributed by atoms with Gasteiger partial charge in [-0.15, -0.1) is 11.8 Å². The van der Waals surface area contributed by atoms with Crippen LogP contribution in [0.2, 0.25) is 0 Å². The van der Waals surface area contributed by atoms with Crippen molar-refractivity contribution in [2.24, 2.45) is 17.1 Å². The molecule has 2 amide bonds. The maximum absolute atomic E-state index is 11.8. The standard InChI is InChI=1S/C15H28N2O2S/c1-15(2,3)11-5-4-6-12(8-7-11)17-14(19)10-20-9-13(16)18/h11-12H,4-10H2,1-3H3,(H2,16,18)(H,17,19). The molecule has 5 heteroatoms. The molecule has 116 valence electrons. The lowest BCUT2D eigenvalue weighted by atomic mass is 9.76. The average molecular weight is 300 g/mol. The Labute approximate surface area is 126 Å². The van der Waals surface area contributed by atoms with Crippen molar-refractivity contribution in [1.29, 1.82) is 0 Å². The predicted molar refractivity (Wildman–Crippen MR) is 84.5 cm³/mol. The molecule has 2 unspecified atom stereocenters. The first kappa shape index (κ1) is 17.3. The fourth-order valence-electron chi connectivity index (χ4n) is 2.83. The first-order valence-electron chi connectivity index (χ1n) is 7.44. The molecule has 0 heterocycles. The quantitative estimate of drug-likeness (QED) is 0.765. The van der Waals surface area contributed by atoms with Gasteiger partial charge in [0.05, 0.1) is 11.5 Å². The van der Waals surface area contributed by atoms with Crippen LogP contribution in [0.1, 0.15) is 52.9 Å². The van der Waals surface area contributed by atoms with Gasteiger partial charge in [0, 0.05) is 6.04 Å². The Balaban J connectivity index is 2.31. The van der Waals surface area contributed by atoms with Crippen molar-refractivity contribution in [3.05, 3.63) is 0 Å². The van der Waals surface area contributed by atoms with Gasteiger partial charge in [-0.05, 0) is 37.0 Å². The molecule has 0 aliphatic heterocycles. The fraction of sp³-hybridized carbons (Fsp3) is 0.867. The van der Waals surface area contributed by atoms with Crippen molar-refractivity contribution in [3.63, 3.8) is 0 Å². The number of amides is 2. The second kappa shape index (κ2) is 7.91. The van der Waals surface area contributed by atoms with E-state index in [0.717, 1.165) is 18.8 Å². The van der Waals surface area contributed by atoms with Crippen molar-refractivity contribution in [2.45, 2.75) is 58.9 Å². The second-order valence-corrected chi connectivity index (χ2v) is 7.78. The monoisotopic (exact) mass is 300 g/mol. The van der Waals surface area contributed by atoms with Gasteiger partial charge < -0.3 is 11.1 Å². The van der Waals surface area contributed by atoms with E-state index >= 15 is 0 Å². The highest BCUT2D eigenvalue weighted by Crippen LogP contribution is 2.36. The summed E-state index contributed by atoms with van der Waals surface area (Å²) in [6.07, 6.45) is 5.75. The van der Waals surface area contributed by atoms with Crippen LogP contribution in [0.3, 0.4) is 0 Å². The maximum Gasteiger partial charge on any atom is 0.230 e. The molecule has 0 spiro atoms. The topological polar surface area (TPSA) is 72.2 Å². The van der Waals surface area contributed by atoms with E-state index in [1.54, 1.807) is 0 Å². The van der Waals surface area contributed by atoms with Crippen molar-refractivity contribution >= 4 is 23.6 Å². The van der Waals surface area contributed by atoms with Gasteiger partial charge in [-0.2, -0.15) is 0 Å². The largest absolute Gasteiger partial charge is 0.369 e. The van der Waals surface area contributed by atoms with E-state index in [0.29, 0.717) is 17.2 Å². The van der Waals surface area contributed by atoms with Crippen molar-refractivity contribution in [2.75, 3.05) is 11.5 Å². The van der Waals surface area contributed by atoms with E-state index < -0.39 is 0 Å². The van der Waals surface area contributed by atoms with Gasteiger partial charge in [0.15, 0.2) is 0 Å². The molecule has 0 bridgehead atoms. The third-order valence-electron chi connectivity index (χ3n) is 4.04. The molecule has 1 rings (SSSR count). The zero-order valence-electron chi connectivity index (χ0n) is 12.9. The van der Waals surface area contributed by atoms with Gasteiger partial charge in [0.25, 0.3) is 0 Å². The fourth-order valence-corrected chi connectivity index (χ4v) is 3.40. The number of nitrogens with two attached hydrogens (primary N) is 1. The van der Waals surface area contributed by atoms with Crippen molar-refractivity contribution in [1.82, 2.24) is 5.32 Å². The smallest absolute Gasteiger partial charge is 0.230 e. The molecule has 0 aromatic carbocycles. The number of carbonyl (C=O) groups is 2. The Morgan fingerprint density at radius 1 is 1.15 bits per heavy atom. The Hall–Kier alpha value is -0.710. The predicted octanol–water partition coefficient (Wildman–Crippen LogP) is 2.32. The second-order valence-electron chi connectivity index (χ2n) is 6.79. The zero-order valence-corrected chi connectivity index (χ0v) is 13.7. The van der Waals surface area contributed by atoms with Crippen LogP contribution < -0.4 is 11.1 Å². The van der Waals surface area contributed by atoms with Crippen LogP contribution in [0.25, 0.3) is 0 Å². The van der Waals surface area contributed by atoms with Gasteiger partial charge in [0.1, 0.15) is 0 Å². The lowest BCUT2D eigenvalue weighted by Crippen LogP contribution is -2.36. The van der Waals surface area contributed by atoms with Crippen LogP contribution in [0.4, 0.5) is 0 Å². The molecule has 1 saturated carbocycles. The number of rotatable bonds is 5. The van der Waals surface area contributed by atoms with Gasteiger partial charge in [-0.3, -0.25) is 9.59 Å². The van der Waals surface area contributed by atoms with Gasteiger partial charge >= 0.3 is 0 Å². The molecule has 1 aliphatic carbocycles. The summed E-state index contributed by atoms with van der Waals surface area (Å²) in [5.74, 6) is 0.932. The Kier molecular flexibility index (Phi) is 6.86. The maximum atomic E-state index is 11.8. The van der Waals surface area contributed by atoms with E-state index in [1.165, 1.54) is 31.0 Å². The first-order chi connectivity index (χ1) is 9.29. The molecular formula is C15H28N2O2S. The summed E-state index contributed by atoms with van der Waals surface area (Å²) < 4.78 is 0. The molecule has 0 aromatic heterocycles. The number of primary amides is 1. The Morgan fingerprint density at radius 2 is 1.85 bits per heavy atom. The minimum Gasteiger partial charge on any atom is -0.369 e. The number of hydrogen-bond acceptors (Lipinski definition) is 3. The summed E-state index contributed by atoms with van der Waals surface area (Å²) in [6.45, 7) is 6.91. The summed E-state index contributed by atoms with van der Waals surface area (Å²) >= 11 is 1.28. The van der Waals surface area contributed by atoms with E-state index in [1.807, 2.05) is 0 Å². The summed E-state index contributed by atoms with van der Waals surface area (Å²) in [4.78, 5) is 22.4. The lowest BCUT2D eigenvalue weighted by molar-refractivity contribution is -0.119. The summed E-state index contributed by atoms with van der Waals surface area (Å²) in [5.41, 5.74) is 5.41. The van der Waals surface area contributed by atoms with Crippen LogP contribution in [-0.2, 0) is 9.59 Å². The van der Waals surface area contributed by atoms with Gasteiger partial charge in [0.2, 0.25) is 11.8 Å². The molecule has 20 heavy (non-hydrogen) atoms. The van der Waals surface area contributed by atoms with Crippen LogP contribution >= 0.6 is 11.8 Å². The van der Waals surface area contributed by atoms with E-state index in [2.05, 4.69) is 26.1 Å². The highest BCUT2D eigenvalue weighted by molar-refractivity contribution is 8.00. The summed E-state index contributed by atoms with van der Waals surface area (Å²) in [6, 6.07) is 0.295. The molecule has 4 nitrogen and oxygen atoms in total. The molecule has 3 N–H and O–H groups in total. The molecule has 0 saturated heterocycles. The molecular weight excluding hydrogens is 272 g/mol. The van der Waals surface area contributed by atoms with Gasteiger partial charge in [-0.25, -0.2) is 0 Å². The number of carbonyl (C=O) groups excluding carboxylic acids is 2. The highest BCUT2D eigenvalue weighted by Gasteiger charge is 2.28. The highest BCUT2D eigenvalue weighted by atomic mass is 32.2. The minimum absolute atomic E-state index is 0.0236. The normalized spacial score (nSPS) is 23.9. The number of nitrogens with one attached hydrogen (secondary N) is 1. The number of hydrogen-bond donors (Lipinski definition) is 2. The lowest BCUT2D eigenvalue weighted by Gasteiger charge is -2.29. The van der Waals surface area contributed by atoms with Crippen LogP contribution in [0, 0.1) is 11.3 Å². The average Bonchev–Trinajstić information content (AvgIpc) is 2.53. The molecule has 1 aliphatic rings. The van der Waals surface area contributed by atoms with E-state index in [-0.39, 0.29) is 17.6 Å². The van der Waals surface area contributed by atoms with E-state index in [4.69, 9.17) is 5.73 Å². The van der Waals surface area contributed by atoms with Crippen molar-refractivity contribution in [3.8, 4) is 0 Å². The van der Waals surface area contributed by atoms with Crippen LogP contribution in [-0.4, -0.2) is 29.4 Å². The summed E-state index contributed by atoms with van der Waals surface area (Å²) in [7, 11) is 0. The summed E-state index contributed by atoms with van der Waals surface area (Å²) in [5, 5.41) is 3.09. The first-order valence-corrected chi connectivity index (χ1v) is 8.60. The SMILES string of the molecule is CC(C)(C)C1CCCC(NC(=O)CSCC(N)=O)CC1. The zero-order chi connectivity index (χ0) is 15.2. The van der Waals surface area contributed by atoms with Gasteiger partial charge in [-0.1, -0.05) is 27.2 Å². The molecule has 1 fully saturated rings. The minimum atomic E-state index is -0.370. The van der Waals surface area contributed by atoms with Crippen molar-refractivity contribution < 1.29 is 9.59 Å². The molecule has 0 radical (unpaired) electrons. The Morgan fingerprint density at radius 3 is 2.45 bits per heavy atom. The molecule has 0 aromatic rings. The third kappa shape index (κ3) is 6.64. The number of thioether (sulfide) groups is 1. The van der Waals surface area contributed by atoms with Crippen LogP contribution in [0.15, 0.2) is 0 Å². The van der Waals surface area contributed by atoms with E-state index in [9.17, 15) is 9.59 Å².